The predicted molar refractivity (Wildman–Crippen MR) is 81.3 cm³/mol. The van der Waals surface area contributed by atoms with Crippen molar-refractivity contribution < 1.29 is 4.79 Å². The summed E-state index contributed by atoms with van der Waals surface area (Å²) in [6, 6.07) is 9.16. The first-order valence-corrected chi connectivity index (χ1v) is 6.49. The topological polar surface area (TPSA) is 77.0 Å². The van der Waals surface area contributed by atoms with Gasteiger partial charge in [-0.25, -0.2) is 4.68 Å². The van der Waals surface area contributed by atoms with E-state index in [0.717, 1.165) is 16.6 Å². The summed E-state index contributed by atoms with van der Waals surface area (Å²) in [6.45, 7) is 0. The van der Waals surface area contributed by atoms with Gasteiger partial charge in [0.2, 0.25) is 0 Å². The van der Waals surface area contributed by atoms with Crippen molar-refractivity contribution in [3.63, 3.8) is 0 Å². The molecule has 0 unspecified atom stereocenters. The summed E-state index contributed by atoms with van der Waals surface area (Å²) in [4.78, 5) is 17.6. The fourth-order valence-corrected chi connectivity index (χ4v) is 2.16. The van der Waals surface area contributed by atoms with Crippen LogP contribution in [0.5, 0.6) is 0 Å². The van der Waals surface area contributed by atoms with Gasteiger partial charge in [-0.15, -0.1) is 0 Å². The van der Waals surface area contributed by atoms with Gasteiger partial charge in [-0.2, -0.15) is 5.10 Å². The normalized spacial score (nSPS) is 10.8. The molecule has 1 amide bonds. The van der Waals surface area contributed by atoms with Crippen LogP contribution in [0, 0.1) is 0 Å². The summed E-state index contributed by atoms with van der Waals surface area (Å²) in [7, 11) is 3.38. The first-order chi connectivity index (χ1) is 10.1. The summed E-state index contributed by atoms with van der Waals surface area (Å²) in [6.07, 6.45) is 3.45. The molecule has 21 heavy (non-hydrogen) atoms. The number of carbonyl (C=O) groups is 1. The van der Waals surface area contributed by atoms with Crippen molar-refractivity contribution in [2.75, 3.05) is 19.8 Å². The number of nitrogens with zero attached hydrogens (tertiary/aromatic N) is 4. The number of hydrogen-bond donors (Lipinski definition) is 1. The molecule has 0 aliphatic rings. The van der Waals surface area contributed by atoms with Crippen LogP contribution in [0.25, 0.3) is 16.6 Å². The zero-order valence-corrected chi connectivity index (χ0v) is 11.8. The standard InChI is InChI=1S/C15H15N5O/c1-19(2)15(21)12-7-9-20(18-12)13-6-5-11-10(14(13)16)4-3-8-17-11/h3-9H,16H2,1-2H3. The highest BCUT2D eigenvalue weighted by Crippen LogP contribution is 2.25. The van der Waals surface area contributed by atoms with E-state index in [1.165, 1.54) is 4.90 Å². The van der Waals surface area contributed by atoms with Gasteiger partial charge in [-0.3, -0.25) is 9.78 Å². The fraction of sp³-hybridized carbons (Fsp3) is 0.133. The smallest absolute Gasteiger partial charge is 0.273 e. The van der Waals surface area contributed by atoms with Gasteiger partial charge in [0.25, 0.3) is 5.91 Å². The third-order valence-corrected chi connectivity index (χ3v) is 3.26. The van der Waals surface area contributed by atoms with Crippen molar-refractivity contribution >= 4 is 22.5 Å². The van der Waals surface area contributed by atoms with Crippen LogP contribution in [-0.4, -0.2) is 39.7 Å². The molecule has 0 atom stereocenters. The Labute approximate surface area is 121 Å². The molecular weight excluding hydrogens is 266 g/mol. The van der Waals surface area contributed by atoms with E-state index in [-0.39, 0.29) is 5.91 Å². The number of pyridine rings is 1. The average molecular weight is 281 g/mol. The highest BCUT2D eigenvalue weighted by atomic mass is 16.2. The lowest BCUT2D eigenvalue weighted by Crippen LogP contribution is -2.22. The van der Waals surface area contributed by atoms with Crippen LogP contribution in [0.3, 0.4) is 0 Å². The number of hydrogen-bond acceptors (Lipinski definition) is 4. The van der Waals surface area contributed by atoms with E-state index in [1.54, 1.807) is 37.2 Å². The van der Waals surface area contributed by atoms with Crippen LogP contribution >= 0.6 is 0 Å². The average Bonchev–Trinajstić information content (AvgIpc) is 2.96. The predicted octanol–water partition coefficient (Wildman–Crippen LogP) is 1.70. The molecule has 1 aromatic carbocycles. The van der Waals surface area contributed by atoms with Gasteiger partial charge in [-0.1, -0.05) is 0 Å². The number of rotatable bonds is 2. The number of fused-ring (bicyclic) bond motifs is 1. The number of anilines is 1. The molecule has 2 aromatic heterocycles. The van der Waals surface area contributed by atoms with E-state index in [4.69, 9.17) is 5.73 Å². The molecule has 0 saturated heterocycles. The molecule has 2 heterocycles. The molecule has 0 saturated carbocycles. The van der Waals surface area contributed by atoms with Crippen LogP contribution in [0.4, 0.5) is 5.69 Å². The van der Waals surface area contributed by atoms with Gasteiger partial charge in [0.1, 0.15) is 0 Å². The number of amides is 1. The summed E-state index contributed by atoms with van der Waals surface area (Å²) in [5.41, 5.74) is 8.73. The van der Waals surface area contributed by atoms with Gasteiger partial charge in [0.05, 0.1) is 16.9 Å². The zero-order valence-electron chi connectivity index (χ0n) is 11.8. The lowest BCUT2D eigenvalue weighted by Gasteiger charge is -2.09. The minimum absolute atomic E-state index is 0.144. The Bertz CT molecular complexity index is 822. The maximum atomic E-state index is 11.9. The fourth-order valence-electron chi connectivity index (χ4n) is 2.16. The molecule has 2 N–H and O–H groups in total. The molecule has 0 aliphatic carbocycles. The Hall–Kier alpha value is -2.89. The van der Waals surface area contributed by atoms with E-state index < -0.39 is 0 Å². The molecule has 106 valence electrons. The number of aromatic nitrogens is 3. The van der Waals surface area contributed by atoms with Crippen LogP contribution in [0.1, 0.15) is 10.5 Å². The maximum absolute atomic E-state index is 11.9. The third-order valence-electron chi connectivity index (χ3n) is 3.26. The van der Waals surface area contributed by atoms with Crippen LogP contribution in [-0.2, 0) is 0 Å². The molecule has 0 spiro atoms. The van der Waals surface area contributed by atoms with Crippen molar-refractivity contribution in [3.8, 4) is 5.69 Å². The summed E-state index contributed by atoms with van der Waals surface area (Å²) in [5.74, 6) is -0.144. The van der Waals surface area contributed by atoms with E-state index in [9.17, 15) is 4.79 Å². The van der Waals surface area contributed by atoms with E-state index in [0.29, 0.717) is 11.4 Å². The minimum atomic E-state index is -0.144. The van der Waals surface area contributed by atoms with Gasteiger partial charge >= 0.3 is 0 Å². The summed E-state index contributed by atoms with van der Waals surface area (Å²) in [5, 5.41) is 5.16. The number of nitrogens with two attached hydrogens (primary N) is 1. The Morgan fingerprint density at radius 1 is 1.24 bits per heavy atom. The molecule has 0 radical (unpaired) electrons. The van der Waals surface area contributed by atoms with Crippen molar-refractivity contribution in [3.05, 3.63) is 48.4 Å². The second kappa shape index (κ2) is 4.90. The minimum Gasteiger partial charge on any atom is -0.396 e. The van der Waals surface area contributed by atoms with Gasteiger partial charge < -0.3 is 10.6 Å². The Morgan fingerprint density at radius 2 is 2.05 bits per heavy atom. The first kappa shape index (κ1) is 13.1. The SMILES string of the molecule is CN(C)C(=O)c1ccn(-c2ccc3ncccc3c2N)n1. The molecule has 6 heteroatoms. The molecule has 0 aliphatic heterocycles. The Morgan fingerprint density at radius 3 is 2.81 bits per heavy atom. The van der Waals surface area contributed by atoms with E-state index in [2.05, 4.69) is 10.1 Å². The lowest BCUT2D eigenvalue weighted by atomic mass is 10.1. The Kier molecular flexibility index (Phi) is 3.06. The summed E-state index contributed by atoms with van der Waals surface area (Å²) >= 11 is 0. The lowest BCUT2D eigenvalue weighted by molar-refractivity contribution is 0.0821. The number of nitrogen functional groups attached to an aromatic ring is 1. The van der Waals surface area contributed by atoms with Gasteiger partial charge in [0.15, 0.2) is 5.69 Å². The molecule has 3 aromatic rings. The van der Waals surface area contributed by atoms with E-state index >= 15 is 0 Å². The third kappa shape index (κ3) is 2.20. The van der Waals surface area contributed by atoms with Crippen LogP contribution in [0.2, 0.25) is 0 Å². The van der Waals surface area contributed by atoms with Crippen LogP contribution in [0.15, 0.2) is 42.7 Å². The van der Waals surface area contributed by atoms with Crippen molar-refractivity contribution in [1.29, 1.82) is 0 Å². The Balaban J connectivity index is 2.09. The zero-order chi connectivity index (χ0) is 15.0. The first-order valence-electron chi connectivity index (χ1n) is 6.49. The highest BCUT2D eigenvalue weighted by molar-refractivity contribution is 5.95. The monoisotopic (exact) mass is 281 g/mol. The van der Waals surface area contributed by atoms with Crippen molar-refractivity contribution in [2.24, 2.45) is 0 Å². The highest BCUT2D eigenvalue weighted by Gasteiger charge is 2.13. The molecule has 0 bridgehead atoms. The van der Waals surface area contributed by atoms with Gasteiger partial charge in [0, 0.05) is 31.9 Å². The second-order valence-corrected chi connectivity index (χ2v) is 4.91. The van der Waals surface area contributed by atoms with Crippen molar-refractivity contribution in [2.45, 2.75) is 0 Å². The van der Waals surface area contributed by atoms with E-state index in [1.807, 2.05) is 24.3 Å². The van der Waals surface area contributed by atoms with Crippen molar-refractivity contribution in [1.82, 2.24) is 19.7 Å². The number of carbonyl (C=O) groups excluding carboxylic acids is 1. The molecule has 3 rings (SSSR count). The van der Waals surface area contributed by atoms with Crippen LogP contribution < -0.4 is 5.73 Å². The quantitative estimate of drug-likeness (QED) is 0.725. The summed E-state index contributed by atoms with van der Waals surface area (Å²) < 4.78 is 1.61. The molecule has 6 nitrogen and oxygen atoms in total. The largest absolute Gasteiger partial charge is 0.396 e. The number of benzene rings is 1. The van der Waals surface area contributed by atoms with Gasteiger partial charge in [-0.05, 0) is 30.3 Å². The second-order valence-electron chi connectivity index (χ2n) is 4.91. The molecular formula is C15H15N5O. The maximum Gasteiger partial charge on any atom is 0.273 e. The molecule has 0 fully saturated rings.